The van der Waals surface area contributed by atoms with Crippen molar-refractivity contribution in [1.29, 1.82) is 0 Å². The predicted molar refractivity (Wildman–Crippen MR) is 98.9 cm³/mol. The third-order valence-corrected chi connectivity index (χ3v) is 6.96. The second kappa shape index (κ2) is 6.55. The Morgan fingerprint density at radius 3 is 2.46 bits per heavy atom. The minimum atomic E-state index is -3.88. The van der Waals surface area contributed by atoms with Gasteiger partial charge in [0.1, 0.15) is 5.82 Å². The molecule has 0 saturated heterocycles. The lowest BCUT2D eigenvalue weighted by Crippen LogP contribution is -2.34. The maximum atomic E-state index is 13.2. The topological polar surface area (TPSA) is 83.6 Å². The summed E-state index contributed by atoms with van der Waals surface area (Å²) in [5, 5.41) is 0. The van der Waals surface area contributed by atoms with Crippen LogP contribution in [0.1, 0.15) is 17.5 Å². The smallest absolute Gasteiger partial charge is 0.262 e. The lowest BCUT2D eigenvalue weighted by atomic mass is 10.0. The van der Waals surface area contributed by atoms with Crippen LogP contribution in [-0.2, 0) is 26.5 Å². The molecule has 6 nitrogen and oxygen atoms in total. The first-order valence-electron chi connectivity index (χ1n) is 7.97. The second-order valence-corrected chi connectivity index (χ2v) is 9.86. The van der Waals surface area contributed by atoms with Gasteiger partial charge in [-0.15, -0.1) is 0 Å². The minimum Gasteiger partial charge on any atom is -0.280 e. The molecular weight excluding hydrogens is 379 g/mol. The molecular formula is C17H19FN2O4S2. The number of hydrogen-bond acceptors (Lipinski definition) is 4. The number of rotatable bonds is 4. The van der Waals surface area contributed by atoms with Gasteiger partial charge in [-0.2, -0.15) is 0 Å². The van der Waals surface area contributed by atoms with E-state index in [1.807, 2.05) is 0 Å². The van der Waals surface area contributed by atoms with Gasteiger partial charge in [0.05, 0.1) is 16.8 Å². The summed E-state index contributed by atoms with van der Waals surface area (Å²) in [7, 11) is -7.26. The van der Waals surface area contributed by atoms with Crippen molar-refractivity contribution in [2.45, 2.75) is 24.7 Å². The van der Waals surface area contributed by atoms with Gasteiger partial charge in [0.15, 0.2) is 0 Å². The van der Waals surface area contributed by atoms with Gasteiger partial charge in [0, 0.05) is 12.2 Å². The molecule has 1 heterocycles. The van der Waals surface area contributed by atoms with E-state index in [0.29, 0.717) is 36.3 Å². The zero-order valence-electron chi connectivity index (χ0n) is 14.4. The van der Waals surface area contributed by atoms with E-state index in [4.69, 9.17) is 0 Å². The van der Waals surface area contributed by atoms with Crippen LogP contribution in [0.4, 0.5) is 15.8 Å². The highest BCUT2D eigenvalue weighted by Crippen LogP contribution is 2.32. The molecule has 140 valence electrons. The van der Waals surface area contributed by atoms with Gasteiger partial charge >= 0.3 is 0 Å². The zero-order valence-corrected chi connectivity index (χ0v) is 16.0. The molecule has 9 heteroatoms. The number of halogens is 1. The summed E-state index contributed by atoms with van der Waals surface area (Å²) in [4.78, 5) is -0.00520. The number of sulfonamides is 2. The van der Waals surface area contributed by atoms with Gasteiger partial charge in [0.2, 0.25) is 10.0 Å². The Hall–Kier alpha value is -2.13. The second-order valence-electron chi connectivity index (χ2n) is 6.30. The number of anilines is 2. The van der Waals surface area contributed by atoms with Crippen LogP contribution in [0.25, 0.3) is 0 Å². The summed E-state index contributed by atoms with van der Waals surface area (Å²) in [6, 6.07) is 8.24. The Bertz CT molecular complexity index is 1070. The van der Waals surface area contributed by atoms with Gasteiger partial charge in [-0.05, 0) is 67.3 Å². The van der Waals surface area contributed by atoms with Gasteiger partial charge in [-0.3, -0.25) is 9.03 Å². The van der Waals surface area contributed by atoms with E-state index in [-0.39, 0.29) is 4.90 Å². The zero-order chi connectivity index (χ0) is 19.1. The Balaban J connectivity index is 1.94. The fourth-order valence-electron chi connectivity index (χ4n) is 3.10. The highest BCUT2D eigenvalue weighted by Gasteiger charge is 2.25. The Morgan fingerprint density at radius 1 is 1.08 bits per heavy atom. The van der Waals surface area contributed by atoms with E-state index in [0.717, 1.165) is 24.0 Å². The van der Waals surface area contributed by atoms with Crippen molar-refractivity contribution >= 4 is 31.4 Å². The van der Waals surface area contributed by atoms with Crippen molar-refractivity contribution in [3.8, 4) is 0 Å². The number of benzene rings is 2. The summed E-state index contributed by atoms with van der Waals surface area (Å²) in [6.45, 7) is 1.93. The molecule has 0 spiro atoms. The standard InChI is InChI=1S/C17H19FN2O4S2/c1-12-10-14(18)5-8-17(12)26(23,24)19-15-6-7-16-13(11-15)4-3-9-20(16)25(2,21)22/h5-8,10-11,19H,3-4,9H2,1-2H3. The van der Waals surface area contributed by atoms with Crippen LogP contribution in [0.15, 0.2) is 41.3 Å². The van der Waals surface area contributed by atoms with Crippen molar-refractivity contribution in [2.24, 2.45) is 0 Å². The molecule has 1 aliphatic heterocycles. The number of hydrogen-bond donors (Lipinski definition) is 1. The molecule has 0 aromatic heterocycles. The molecule has 0 atom stereocenters. The molecule has 0 unspecified atom stereocenters. The molecule has 2 aromatic rings. The maximum absolute atomic E-state index is 13.2. The fourth-order valence-corrected chi connectivity index (χ4v) is 5.37. The molecule has 26 heavy (non-hydrogen) atoms. The molecule has 0 amide bonds. The third kappa shape index (κ3) is 3.68. The summed E-state index contributed by atoms with van der Waals surface area (Å²) in [5.74, 6) is -0.504. The Labute approximate surface area is 152 Å². The van der Waals surface area contributed by atoms with Crippen LogP contribution in [0.5, 0.6) is 0 Å². The van der Waals surface area contributed by atoms with Gasteiger partial charge in [0.25, 0.3) is 10.0 Å². The quantitative estimate of drug-likeness (QED) is 0.858. The van der Waals surface area contributed by atoms with Crippen molar-refractivity contribution < 1.29 is 21.2 Å². The van der Waals surface area contributed by atoms with E-state index in [1.165, 1.54) is 23.4 Å². The van der Waals surface area contributed by atoms with Crippen molar-refractivity contribution in [2.75, 3.05) is 21.8 Å². The number of fused-ring (bicyclic) bond motifs is 1. The van der Waals surface area contributed by atoms with E-state index in [9.17, 15) is 21.2 Å². The van der Waals surface area contributed by atoms with Crippen LogP contribution in [-0.4, -0.2) is 29.6 Å². The minimum absolute atomic E-state index is 0.00520. The van der Waals surface area contributed by atoms with E-state index < -0.39 is 25.9 Å². The van der Waals surface area contributed by atoms with Crippen molar-refractivity contribution in [1.82, 2.24) is 0 Å². The first kappa shape index (κ1) is 18.7. The van der Waals surface area contributed by atoms with Crippen LogP contribution < -0.4 is 9.03 Å². The molecule has 1 aliphatic rings. The largest absolute Gasteiger partial charge is 0.280 e. The van der Waals surface area contributed by atoms with E-state index >= 15 is 0 Å². The molecule has 1 N–H and O–H groups in total. The molecule has 2 aromatic carbocycles. The van der Waals surface area contributed by atoms with Crippen molar-refractivity contribution in [3.63, 3.8) is 0 Å². The van der Waals surface area contributed by atoms with Gasteiger partial charge in [-0.25, -0.2) is 21.2 Å². The molecule has 0 saturated carbocycles. The summed E-state index contributed by atoms with van der Waals surface area (Å²) in [5.41, 5.74) is 1.97. The molecule has 0 radical (unpaired) electrons. The first-order chi connectivity index (χ1) is 12.1. The summed E-state index contributed by atoms with van der Waals surface area (Å²) >= 11 is 0. The molecule has 0 bridgehead atoms. The molecule has 3 rings (SSSR count). The fraction of sp³-hybridized carbons (Fsp3) is 0.294. The summed E-state index contributed by atoms with van der Waals surface area (Å²) in [6.07, 6.45) is 2.47. The van der Waals surface area contributed by atoms with Crippen LogP contribution in [0, 0.1) is 12.7 Å². The Kier molecular flexibility index (Phi) is 4.70. The van der Waals surface area contributed by atoms with E-state index in [1.54, 1.807) is 12.1 Å². The van der Waals surface area contributed by atoms with Crippen LogP contribution in [0.2, 0.25) is 0 Å². The van der Waals surface area contributed by atoms with Gasteiger partial charge < -0.3 is 0 Å². The SMILES string of the molecule is Cc1cc(F)ccc1S(=O)(=O)Nc1ccc2c(c1)CCCN2S(C)(=O)=O. The van der Waals surface area contributed by atoms with Crippen molar-refractivity contribution in [3.05, 3.63) is 53.3 Å². The molecule has 0 fully saturated rings. The Morgan fingerprint density at radius 2 is 1.81 bits per heavy atom. The van der Waals surface area contributed by atoms with E-state index in [2.05, 4.69) is 4.72 Å². The highest BCUT2D eigenvalue weighted by atomic mass is 32.2. The highest BCUT2D eigenvalue weighted by molar-refractivity contribution is 7.92. The monoisotopic (exact) mass is 398 g/mol. The number of aryl methyl sites for hydroxylation is 2. The molecule has 0 aliphatic carbocycles. The lowest BCUT2D eigenvalue weighted by Gasteiger charge is -2.29. The van der Waals surface area contributed by atoms with Crippen LogP contribution in [0.3, 0.4) is 0 Å². The normalized spacial score (nSPS) is 14.8. The average molecular weight is 398 g/mol. The van der Waals surface area contributed by atoms with Crippen LogP contribution >= 0.6 is 0 Å². The first-order valence-corrected chi connectivity index (χ1v) is 11.3. The summed E-state index contributed by atoms with van der Waals surface area (Å²) < 4.78 is 66.0. The predicted octanol–water partition coefficient (Wildman–Crippen LogP) is 2.65. The lowest BCUT2D eigenvalue weighted by molar-refractivity contribution is 0.591. The average Bonchev–Trinajstić information content (AvgIpc) is 2.52. The van der Waals surface area contributed by atoms with Gasteiger partial charge in [-0.1, -0.05) is 0 Å². The maximum Gasteiger partial charge on any atom is 0.262 e. The third-order valence-electron chi connectivity index (χ3n) is 4.23. The number of nitrogens with zero attached hydrogens (tertiary/aromatic N) is 1. The number of nitrogens with one attached hydrogen (secondary N) is 1.